The quantitative estimate of drug-likeness (QED) is 0.828. The number of aromatic nitrogens is 2. The molecule has 3 heterocycles. The summed E-state index contributed by atoms with van der Waals surface area (Å²) in [6, 6.07) is 4.93. The van der Waals surface area contributed by atoms with Crippen LogP contribution in [0.5, 0.6) is 11.5 Å². The highest BCUT2D eigenvalue weighted by Gasteiger charge is 2.49. The molecule has 0 amide bonds. The Morgan fingerprint density at radius 1 is 1.21 bits per heavy atom. The van der Waals surface area contributed by atoms with Crippen LogP contribution >= 0.6 is 0 Å². The minimum absolute atomic E-state index is 0.373. The summed E-state index contributed by atoms with van der Waals surface area (Å²) in [7, 11) is 3.64. The van der Waals surface area contributed by atoms with Crippen molar-refractivity contribution in [2.75, 3.05) is 13.7 Å². The number of aryl methyl sites for hydroxylation is 2. The van der Waals surface area contributed by atoms with Gasteiger partial charge in [0, 0.05) is 38.1 Å². The minimum atomic E-state index is -0.827. The van der Waals surface area contributed by atoms with Gasteiger partial charge < -0.3 is 19.1 Å². The van der Waals surface area contributed by atoms with Crippen molar-refractivity contribution < 1.29 is 14.6 Å². The molecule has 2 saturated heterocycles. The summed E-state index contributed by atoms with van der Waals surface area (Å²) in [4.78, 5) is 7.02. The third kappa shape index (κ3) is 3.29. The second kappa shape index (κ2) is 7.41. The summed E-state index contributed by atoms with van der Waals surface area (Å²) in [5, 5.41) is 11.4. The fourth-order valence-electron chi connectivity index (χ4n) is 5.07. The number of nitrogens with zero attached hydrogens (tertiary/aromatic N) is 3. The van der Waals surface area contributed by atoms with Crippen LogP contribution < -0.4 is 9.47 Å². The highest BCUT2D eigenvalue weighted by atomic mass is 16.5. The Morgan fingerprint density at radius 2 is 1.93 bits per heavy atom. The second-order valence-corrected chi connectivity index (χ2v) is 8.22. The molecular weight excluding hydrogens is 354 g/mol. The van der Waals surface area contributed by atoms with Crippen molar-refractivity contribution in [1.29, 1.82) is 0 Å². The zero-order valence-electron chi connectivity index (χ0n) is 17.3. The normalized spacial score (nSPS) is 27.2. The van der Waals surface area contributed by atoms with E-state index in [0.717, 1.165) is 49.6 Å². The van der Waals surface area contributed by atoms with E-state index in [4.69, 9.17) is 9.47 Å². The van der Waals surface area contributed by atoms with Crippen molar-refractivity contribution in [3.8, 4) is 11.5 Å². The van der Waals surface area contributed by atoms with E-state index in [0.29, 0.717) is 18.7 Å². The van der Waals surface area contributed by atoms with Gasteiger partial charge in [-0.05, 0) is 62.8 Å². The number of benzene rings is 1. The highest BCUT2D eigenvalue weighted by molar-refractivity contribution is 5.47. The van der Waals surface area contributed by atoms with E-state index in [1.54, 1.807) is 13.3 Å². The van der Waals surface area contributed by atoms with Crippen LogP contribution in [-0.2, 0) is 19.2 Å². The van der Waals surface area contributed by atoms with Crippen LogP contribution in [0.15, 0.2) is 24.5 Å². The Labute approximate surface area is 167 Å². The summed E-state index contributed by atoms with van der Waals surface area (Å²) >= 11 is 0. The lowest BCUT2D eigenvalue weighted by Crippen LogP contribution is -2.50. The number of hydrogen-bond acceptors (Lipinski definition) is 5. The first-order chi connectivity index (χ1) is 13.4. The molecule has 2 unspecified atom stereocenters. The van der Waals surface area contributed by atoms with E-state index in [9.17, 15) is 5.11 Å². The van der Waals surface area contributed by atoms with Gasteiger partial charge in [0.2, 0.25) is 0 Å². The minimum Gasteiger partial charge on any atom is -0.493 e. The summed E-state index contributed by atoms with van der Waals surface area (Å²) in [5.74, 6) is 2.39. The van der Waals surface area contributed by atoms with Crippen molar-refractivity contribution in [2.45, 2.75) is 63.8 Å². The Balaban J connectivity index is 1.56. The lowest BCUT2D eigenvalue weighted by molar-refractivity contribution is -0.0670. The number of aliphatic hydroxyl groups is 1. The molecular formula is C22H31N3O3. The first-order valence-electron chi connectivity index (χ1n) is 10.2. The average Bonchev–Trinajstić information content (AvgIpc) is 3.20. The molecule has 0 aliphatic carbocycles. The molecule has 1 aromatic heterocycles. The second-order valence-electron chi connectivity index (χ2n) is 8.22. The number of ether oxygens (including phenoxy) is 2. The number of rotatable bonds is 6. The van der Waals surface area contributed by atoms with Crippen LogP contribution in [0, 0.1) is 6.92 Å². The van der Waals surface area contributed by atoms with Crippen LogP contribution in [0.3, 0.4) is 0 Å². The van der Waals surface area contributed by atoms with E-state index in [2.05, 4.69) is 28.9 Å². The molecule has 6 heteroatoms. The van der Waals surface area contributed by atoms with Gasteiger partial charge >= 0.3 is 0 Å². The molecule has 0 radical (unpaired) electrons. The van der Waals surface area contributed by atoms with E-state index >= 15 is 0 Å². The van der Waals surface area contributed by atoms with Gasteiger partial charge in [0.15, 0.2) is 11.5 Å². The number of hydrogen-bond donors (Lipinski definition) is 1. The maximum absolute atomic E-state index is 11.4. The third-order valence-corrected chi connectivity index (χ3v) is 6.43. The van der Waals surface area contributed by atoms with Crippen LogP contribution in [0.25, 0.3) is 0 Å². The summed E-state index contributed by atoms with van der Waals surface area (Å²) in [5.41, 5.74) is 1.65. The van der Waals surface area contributed by atoms with Gasteiger partial charge in [-0.3, -0.25) is 4.90 Å². The topological polar surface area (TPSA) is 59.8 Å². The maximum atomic E-state index is 11.4. The zero-order valence-corrected chi connectivity index (χ0v) is 17.3. The largest absolute Gasteiger partial charge is 0.493 e. The van der Waals surface area contributed by atoms with Crippen LogP contribution in [-0.4, -0.2) is 45.4 Å². The number of piperidine rings is 1. The Morgan fingerprint density at radius 3 is 2.50 bits per heavy atom. The molecule has 2 bridgehead atoms. The molecule has 4 rings (SSSR count). The lowest BCUT2D eigenvalue weighted by Gasteiger charge is -2.43. The van der Waals surface area contributed by atoms with E-state index < -0.39 is 5.60 Å². The number of fused-ring (bicyclic) bond motifs is 2. The third-order valence-electron chi connectivity index (χ3n) is 6.43. The predicted molar refractivity (Wildman–Crippen MR) is 108 cm³/mol. The fourth-order valence-corrected chi connectivity index (χ4v) is 5.07. The number of imidazole rings is 1. The molecule has 0 saturated carbocycles. The molecule has 2 aliphatic rings. The predicted octanol–water partition coefficient (Wildman–Crippen LogP) is 3.15. The van der Waals surface area contributed by atoms with Gasteiger partial charge in [-0.25, -0.2) is 4.98 Å². The van der Waals surface area contributed by atoms with Gasteiger partial charge in [0.1, 0.15) is 11.4 Å². The Hall–Kier alpha value is -2.05. The Bertz CT molecular complexity index is 834. The van der Waals surface area contributed by atoms with E-state index in [1.165, 1.54) is 11.1 Å². The summed E-state index contributed by atoms with van der Waals surface area (Å²) in [6.07, 6.45) is 7.43. The van der Waals surface area contributed by atoms with Gasteiger partial charge in [-0.1, -0.05) is 0 Å². The molecule has 6 nitrogen and oxygen atoms in total. The van der Waals surface area contributed by atoms with Crippen LogP contribution in [0.4, 0.5) is 0 Å². The van der Waals surface area contributed by atoms with Crippen molar-refractivity contribution in [1.82, 2.24) is 14.5 Å². The molecule has 1 aromatic carbocycles. The molecule has 0 spiro atoms. The molecule has 28 heavy (non-hydrogen) atoms. The molecule has 1 N–H and O–H groups in total. The van der Waals surface area contributed by atoms with Gasteiger partial charge in [0.05, 0.1) is 13.7 Å². The molecule has 2 aliphatic heterocycles. The summed E-state index contributed by atoms with van der Waals surface area (Å²) < 4.78 is 13.2. The van der Waals surface area contributed by atoms with Gasteiger partial charge in [0.25, 0.3) is 0 Å². The first-order valence-corrected chi connectivity index (χ1v) is 10.2. The molecule has 152 valence electrons. The van der Waals surface area contributed by atoms with Gasteiger partial charge in [-0.15, -0.1) is 0 Å². The van der Waals surface area contributed by atoms with Gasteiger partial charge in [-0.2, -0.15) is 0 Å². The SMILES string of the molecule is CCOc1cc(CN2C3CCC2CC(O)(c2nccn2C)C3)c(C)cc1OC. The smallest absolute Gasteiger partial charge is 0.161 e. The van der Waals surface area contributed by atoms with Crippen LogP contribution in [0.1, 0.15) is 49.6 Å². The van der Waals surface area contributed by atoms with E-state index in [1.807, 2.05) is 24.7 Å². The Kier molecular flexibility index (Phi) is 5.10. The molecule has 2 aromatic rings. The highest BCUT2D eigenvalue weighted by Crippen LogP contribution is 2.46. The van der Waals surface area contributed by atoms with E-state index in [-0.39, 0.29) is 0 Å². The standard InChI is InChI=1S/C22H31N3O3/c1-5-28-20-11-16(15(2)10-19(20)27-4)14-25-17-6-7-18(25)13-22(26,12-17)21-23-8-9-24(21)3/h8-11,17-18,26H,5-7,12-14H2,1-4H3. The average molecular weight is 386 g/mol. The summed E-state index contributed by atoms with van der Waals surface area (Å²) in [6.45, 7) is 5.61. The van der Waals surface area contributed by atoms with Crippen molar-refractivity contribution in [3.05, 3.63) is 41.5 Å². The number of methoxy groups -OCH3 is 1. The maximum Gasteiger partial charge on any atom is 0.161 e. The lowest BCUT2D eigenvalue weighted by atomic mass is 9.85. The van der Waals surface area contributed by atoms with Crippen LogP contribution in [0.2, 0.25) is 0 Å². The molecule has 2 fully saturated rings. The fraction of sp³-hybridized carbons (Fsp3) is 0.591. The monoisotopic (exact) mass is 385 g/mol. The molecule has 2 atom stereocenters. The zero-order chi connectivity index (χ0) is 19.9. The van der Waals surface area contributed by atoms with Crippen molar-refractivity contribution in [2.24, 2.45) is 7.05 Å². The van der Waals surface area contributed by atoms with Crippen molar-refractivity contribution in [3.63, 3.8) is 0 Å². The van der Waals surface area contributed by atoms with Crippen molar-refractivity contribution >= 4 is 0 Å². The first kappa shape index (κ1) is 19.3.